The molecule has 0 N–H and O–H groups in total. The number of para-hydroxylation sites is 1. The fourth-order valence-corrected chi connectivity index (χ4v) is 2.86. The van der Waals surface area contributed by atoms with Crippen molar-refractivity contribution in [2.75, 3.05) is 0 Å². The van der Waals surface area contributed by atoms with Gasteiger partial charge in [-0.3, -0.25) is 0 Å². The Balaban J connectivity index is 2.11. The molecular formula is C18H18O2. The number of benzene rings is 2. The van der Waals surface area contributed by atoms with Crippen molar-refractivity contribution in [1.82, 2.24) is 0 Å². The van der Waals surface area contributed by atoms with Gasteiger partial charge in [0, 0.05) is 11.1 Å². The number of hydrogen-bond donors (Lipinski definition) is 0. The lowest BCUT2D eigenvalue weighted by Gasteiger charge is -2.27. The molecule has 3 rings (SSSR count). The van der Waals surface area contributed by atoms with Crippen molar-refractivity contribution in [1.29, 1.82) is 0 Å². The SMILES string of the molecule is CCCCc1cccc2c1C(C=O)c1ccccc1O2. The van der Waals surface area contributed by atoms with Crippen LogP contribution in [-0.2, 0) is 11.2 Å². The van der Waals surface area contributed by atoms with E-state index in [0.717, 1.165) is 48.2 Å². The second kappa shape index (κ2) is 5.49. The van der Waals surface area contributed by atoms with E-state index in [0.29, 0.717) is 0 Å². The van der Waals surface area contributed by atoms with Gasteiger partial charge in [0.05, 0.1) is 5.92 Å². The summed E-state index contributed by atoms with van der Waals surface area (Å²) in [5.74, 6) is 1.42. The Kier molecular flexibility index (Phi) is 3.55. The minimum atomic E-state index is -0.206. The molecule has 0 amide bonds. The van der Waals surface area contributed by atoms with Crippen LogP contribution >= 0.6 is 0 Å². The second-order valence-corrected chi connectivity index (χ2v) is 5.19. The molecule has 2 nitrogen and oxygen atoms in total. The van der Waals surface area contributed by atoms with Gasteiger partial charge < -0.3 is 9.53 Å². The van der Waals surface area contributed by atoms with Gasteiger partial charge in [0.2, 0.25) is 0 Å². The number of fused-ring (bicyclic) bond motifs is 2. The van der Waals surface area contributed by atoms with Crippen molar-refractivity contribution in [3.63, 3.8) is 0 Å². The molecule has 1 atom stereocenters. The van der Waals surface area contributed by atoms with Crippen LogP contribution in [0.2, 0.25) is 0 Å². The summed E-state index contributed by atoms with van der Waals surface area (Å²) in [4.78, 5) is 11.7. The highest BCUT2D eigenvalue weighted by molar-refractivity contribution is 5.75. The lowest BCUT2D eigenvalue weighted by Crippen LogP contribution is -2.13. The predicted octanol–water partition coefficient (Wildman–Crippen LogP) is 4.47. The third-order valence-corrected chi connectivity index (χ3v) is 3.88. The Morgan fingerprint density at radius 1 is 1.10 bits per heavy atom. The van der Waals surface area contributed by atoms with E-state index >= 15 is 0 Å². The number of carbonyl (C=O) groups excluding carboxylic acids is 1. The van der Waals surface area contributed by atoms with Crippen LogP contribution in [0.5, 0.6) is 11.5 Å². The zero-order valence-corrected chi connectivity index (χ0v) is 11.6. The van der Waals surface area contributed by atoms with Crippen molar-refractivity contribution < 1.29 is 9.53 Å². The van der Waals surface area contributed by atoms with E-state index in [1.807, 2.05) is 36.4 Å². The van der Waals surface area contributed by atoms with Gasteiger partial charge in [0.15, 0.2) is 0 Å². The van der Waals surface area contributed by atoms with Crippen LogP contribution in [0.15, 0.2) is 42.5 Å². The summed E-state index contributed by atoms with van der Waals surface area (Å²) in [5, 5.41) is 0. The van der Waals surface area contributed by atoms with Crippen molar-refractivity contribution in [3.05, 3.63) is 59.2 Å². The summed E-state index contributed by atoms with van der Waals surface area (Å²) >= 11 is 0. The predicted molar refractivity (Wildman–Crippen MR) is 79.5 cm³/mol. The molecular weight excluding hydrogens is 248 g/mol. The molecule has 0 spiro atoms. The molecule has 2 aromatic rings. The molecule has 20 heavy (non-hydrogen) atoms. The first kappa shape index (κ1) is 12.9. The zero-order chi connectivity index (χ0) is 13.9. The van der Waals surface area contributed by atoms with Gasteiger partial charge in [-0.15, -0.1) is 0 Å². The summed E-state index contributed by atoms with van der Waals surface area (Å²) in [7, 11) is 0. The monoisotopic (exact) mass is 266 g/mol. The number of ether oxygens (including phenoxy) is 1. The summed E-state index contributed by atoms with van der Waals surface area (Å²) in [6, 6.07) is 13.9. The van der Waals surface area contributed by atoms with E-state index in [-0.39, 0.29) is 5.92 Å². The van der Waals surface area contributed by atoms with Gasteiger partial charge in [0.25, 0.3) is 0 Å². The topological polar surface area (TPSA) is 26.3 Å². The van der Waals surface area contributed by atoms with Gasteiger partial charge in [-0.25, -0.2) is 0 Å². The summed E-state index contributed by atoms with van der Waals surface area (Å²) in [6.07, 6.45) is 4.31. The molecule has 102 valence electrons. The highest BCUT2D eigenvalue weighted by Gasteiger charge is 2.28. The normalized spacial score (nSPS) is 15.9. The number of unbranched alkanes of at least 4 members (excludes halogenated alkanes) is 1. The molecule has 2 aromatic carbocycles. The molecule has 0 aromatic heterocycles. The van der Waals surface area contributed by atoms with E-state index in [1.165, 1.54) is 5.56 Å². The largest absolute Gasteiger partial charge is 0.457 e. The highest BCUT2D eigenvalue weighted by Crippen LogP contribution is 2.44. The van der Waals surface area contributed by atoms with E-state index in [2.05, 4.69) is 13.0 Å². The summed E-state index contributed by atoms with van der Waals surface area (Å²) in [6.45, 7) is 2.18. The van der Waals surface area contributed by atoms with Gasteiger partial charge in [-0.2, -0.15) is 0 Å². The second-order valence-electron chi connectivity index (χ2n) is 5.19. The first-order valence-electron chi connectivity index (χ1n) is 7.19. The van der Waals surface area contributed by atoms with Crippen LogP contribution in [0.3, 0.4) is 0 Å². The maximum atomic E-state index is 11.7. The Morgan fingerprint density at radius 3 is 2.70 bits per heavy atom. The van der Waals surface area contributed by atoms with Gasteiger partial charge in [-0.1, -0.05) is 43.7 Å². The van der Waals surface area contributed by atoms with E-state index in [4.69, 9.17) is 4.74 Å². The van der Waals surface area contributed by atoms with Crippen LogP contribution in [0.1, 0.15) is 42.4 Å². The molecule has 0 bridgehead atoms. The minimum Gasteiger partial charge on any atom is -0.457 e. The van der Waals surface area contributed by atoms with Crippen LogP contribution < -0.4 is 4.74 Å². The molecule has 0 saturated carbocycles. The fraction of sp³-hybridized carbons (Fsp3) is 0.278. The average molecular weight is 266 g/mol. The number of aldehydes is 1. The number of carbonyl (C=O) groups is 1. The summed E-state index contributed by atoms with van der Waals surface area (Å²) in [5.41, 5.74) is 3.25. The zero-order valence-electron chi connectivity index (χ0n) is 11.6. The van der Waals surface area contributed by atoms with Crippen molar-refractivity contribution in [3.8, 4) is 11.5 Å². The third-order valence-electron chi connectivity index (χ3n) is 3.88. The molecule has 0 radical (unpaired) electrons. The first-order valence-corrected chi connectivity index (χ1v) is 7.19. The molecule has 1 heterocycles. The third kappa shape index (κ3) is 2.11. The lowest BCUT2D eigenvalue weighted by molar-refractivity contribution is -0.108. The van der Waals surface area contributed by atoms with Crippen LogP contribution in [0.4, 0.5) is 0 Å². The van der Waals surface area contributed by atoms with Gasteiger partial charge in [-0.05, 0) is 30.5 Å². The average Bonchev–Trinajstić information content (AvgIpc) is 2.50. The Bertz CT molecular complexity index is 631. The van der Waals surface area contributed by atoms with E-state index < -0.39 is 0 Å². The Hall–Kier alpha value is -2.09. The molecule has 1 unspecified atom stereocenters. The number of rotatable bonds is 4. The minimum absolute atomic E-state index is 0.206. The molecule has 1 aliphatic rings. The van der Waals surface area contributed by atoms with Gasteiger partial charge in [0.1, 0.15) is 17.8 Å². The van der Waals surface area contributed by atoms with Crippen molar-refractivity contribution in [2.24, 2.45) is 0 Å². The van der Waals surface area contributed by atoms with Crippen molar-refractivity contribution >= 4 is 6.29 Å². The Labute approximate surface area is 119 Å². The molecule has 0 aliphatic carbocycles. The number of hydrogen-bond acceptors (Lipinski definition) is 2. The highest BCUT2D eigenvalue weighted by atomic mass is 16.5. The first-order chi connectivity index (χ1) is 9.85. The lowest BCUT2D eigenvalue weighted by atomic mass is 9.85. The standard InChI is InChI=1S/C18H18O2/c1-2-3-7-13-8-6-11-17-18(13)15(12-19)14-9-4-5-10-16(14)20-17/h4-6,8-12,15H,2-3,7H2,1H3. The fourth-order valence-electron chi connectivity index (χ4n) is 2.86. The smallest absolute Gasteiger partial charge is 0.132 e. The van der Waals surface area contributed by atoms with Crippen LogP contribution in [0, 0.1) is 0 Å². The van der Waals surface area contributed by atoms with Crippen molar-refractivity contribution in [2.45, 2.75) is 32.1 Å². The van der Waals surface area contributed by atoms with Crippen LogP contribution in [0.25, 0.3) is 0 Å². The molecule has 1 aliphatic heterocycles. The van der Waals surface area contributed by atoms with E-state index in [9.17, 15) is 4.79 Å². The Morgan fingerprint density at radius 2 is 1.90 bits per heavy atom. The molecule has 2 heteroatoms. The maximum Gasteiger partial charge on any atom is 0.132 e. The maximum absolute atomic E-state index is 11.7. The molecule has 0 saturated heterocycles. The van der Waals surface area contributed by atoms with E-state index in [1.54, 1.807) is 0 Å². The molecule has 0 fully saturated rings. The van der Waals surface area contributed by atoms with Crippen LogP contribution in [-0.4, -0.2) is 6.29 Å². The van der Waals surface area contributed by atoms with Gasteiger partial charge >= 0.3 is 0 Å². The quantitative estimate of drug-likeness (QED) is 0.763. The summed E-state index contributed by atoms with van der Waals surface area (Å²) < 4.78 is 5.97. The number of aryl methyl sites for hydroxylation is 1.